The van der Waals surface area contributed by atoms with Gasteiger partial charge >= 0.3 is 0 Å². The first-order chi connectivity index (χ1) is 12.7. The highest BCUT2D eigenvalue weighted by atomic mass is 16.7. The molecule has 1 amide bonds. The molecule has 0 radical (unpaired) electrons. The molecule has 6 nitrogen and oxygen atoms in total. The van der Waals surface area contributed by atoms with Gasteiger partial charge in [-0.25, -0.2) is 4.98 Å². The molecule has 1 saturated carbocycles. The predicted octanol–water partition coefficient (Wildman–Crippen LogP) is 3.18. The summed E-state index contributed by atoms with van der Waals surface area (Å²) in [5.74, 6) is 1.51. The number of fused-ring (bicyclic) bond motifs is 2. The van der Waals surface area contributed by atoms with Crippen LogP contribution in [0.1, 0.15) is 34.6 Å². The van der Waals surface area contributed by atoms with Crippen molar-refractivity contribution in [2.75, 3.05) is 6.79 Å². The van der Waals surface area contributed by atoms with Crippen LogP contribution in [0.4, 0.5) is 0 Å². The molecule has 1 fully saturated rings. The highest BCUT2D eigenvalue weighted by Crippen LogP contribution is 2.38. The Kier molecular flexibility index (Phi) is 3.38. The zero-order valence-electron chi connectivity index (χ0n) is 14.5. The fraction of sp³-hybridized carbons (Fsp3) is 0.300. The molecule has 6 heteroatoms. The van der Waals surface area contributed by atoms with Crippen molar-refractivity contribution in [2.45, 2.75) is 32.4 Å². The summed E-state index contributed by atoms with van der Waals surface area (Å²) >= 11 is 0. The van der Waals surface area contributed by atoms with E-state index in [0.717, 1.165) is 41.2 Å². The van der Waals surface area contributed by atoms with E-state index < -0.39 is 0 Å². The summed E-state index contributed by atoms with van der Waals surface area (Å²) < 4.78 is 13.0. The molecule has 0 atom stereocenters. The number of nitrogens with zero attached hydrogens (tertiary/aromatic N) is 3. The third-order valence-electron chi connectivity index (χ3n) is 4.97. The Morgan fingerprint density at radius 1 is 1.23 bits per heavy atom. The molecular formula is C20H19N3O3. The molecule has 132 valence electrons. The van der Waals surface area contributed by atoms with Crippen LogP contribution in [0, 0.1) is 6.92 Å². The summed E-state index contributed by atoms with van der Waals surface area (Å²) in [4.78, 5) is 19.9. The fourth-order valence-corrected chi connectivity index (χ4v) is 3.56. The van der Waals surface area contributed by atoms with Crippen LogP contribution in [-0.4, -0.2) is 33.0 Å². The number of amides is 1. The number of hydrogen-bond acceptors (Lipinski definition) is 4. The monoisotopic (exact) mass is 349 g/mol. The summed E-state index contributed by atoms with van der Waals surface area (Å²) in [6.07, 6.45) is 3.96. The average molecular weight is 349 g/mol. The predicted molar refractivity (Wildman–Crippen MR) is 95.4 cm³/mol. The number of aryl methyl sites for hydroxylation is 1. The van der Waals surface area contributed by atoms with Gasteiger partial charge in [-0.05, 0) is 38.0 Å². The van der Waals surface area contributed by atoms with Gasteiger partial charge in [-0.1, -0.05) is 18.2 Å². The molecule has 0 saturated heterocycles. The summed E-state index contributed by atoms with van der Waals surface area (Å²) in [5.41, 5.74) is 3.16. The van der Waals surface area contributed by atoms with E-state index in [1.165, 1.54) is 0 Å². The van der Waals surface area contributed by atoms with Gasteiger partial charge in [0.25, 0.3) is 5.91 Å². The summed E-state index contributed by atoms with van der Waals surface area (Å²) in [6, 6.07) is 11.9. The third-order valence-corrected chi connectivity index (χ3v) is 4.97. The molecular weight excluding hydrogens is 330 g/mol. The van der Waals surface area contributed by atoms with Gasteiger partial charge in [0.15, 0.2) is 11.5 Å². The lowest BCUT2D eigenvalue weighted by Crippen LogP contribution is -2.34. The van der Waals surface area contributed by atoms with Crippen molar-refractivity contribution in [3.8, 4) is 11.5 Å². The second kappa shape index (κ2) is 5.76. The van der Waals surface area contributed by atoms with Crippen LogP contribution in [0.15, 0.2) is 42.6 Å². The van der Waals surface area contributed by atoms with E-state index in [9.17, 15) is 4.79 Å². The van der Waals surface area contributed by atoms with E-state index in [0.29, 0.717) is 12.2 Å². The lowest BCUT2D eigenvalue weighted by molar-refractivity contribution is 0.0720. The lowest BCUT2D eigenvalue weighted by Gasteiger charge is -2.23. The second-order valence-electron chi connectivity index (χ2n) is 6.79. The molecule has 2 aliphatic rings. The number of hydrogen-bond donors (Lipinski definition) is 0. The van der Waals surface area contributed by atoms with E-state index in [-0.39, 0.29) is 18.7 Å². The van der Waals surface area contributed by atoms with Gasteiger partial charge in [0.1, 0.15) is 11.3 Å². The molecule has 3 heterocycles. The van der Waals surface area contributed by atoms with Crippen molar-refractivity contribution < 1.29 is 14.3 Å². The first-order valence-electron chi connectivity index (χ1n) is 8.84. The topological polar surface area (TPSA) is 56.1 Å². The van der Waals surface area contributed by atoms with Crippen LogP contribution in [0.3, 0.4) is 0 Å². The fourth-order valence-electron chi connectivity index (χ4n) is 3.56. The molecule has 0 bridgehead atoms. The molecule has 5 rings (SSSR count). The largest absolute Gasteiger partial charge is 0.454 e. The van der Waals surface area contributed by atoms with Gasteiger partial charge in [0.2, 0.25) is 6.79 Å². The summed E-state index contributed by atoms with van der Waals surface area (Å²) in [6.45, 7) is 2.63. The minimum Gasteiger partial charge on any atom is -0.454 e. The Hall–Kier alpha value is -3.02. The van der Waals surface area contributed by atoms with Crippen LogP contribution in [0.25, 0.3) is 5.65 Å². The number of aromatic nitrogens is 2. The SMILES string of the molecule is Cc1nc2ccccn2c1C(=O)N(Cc1cccc2c1OCO2)C1CC1. The Morgan fingerprint density at radius 2 is 2.12 bits per heavy atom. The zero-order chi connectivity index (χ0) is 17.7. The van der Waals surface area contributed by atoms with E-state index in [4.69, 9.17) is 9.47 Å². The molecule has 3 aromatic rings. The minimum atomic E-state index is 0.0141. The normalized spacial score (nSPS) is 15.4. The van der Waals surface area contributed by atoms with Crippen molar-refractivity contribution in [3.05, 3.63) is 59.5 Å². The highest BCUT2D eigenvalue weighted by molar-refractivity contribution is 5.95. The maximum atomic E-state index is 13.4. The number of carbonyl (C=O) groups excluding carboxylic acids is 1. The standard InChI is InChI=1S/C20H19N3O3/c1-13-18(22-10-3-2-7-17(22)21-13)20(24)23(15-8-9-15)11-14-5-4-6-16-19(14)26-12-25-16/h2-7,10,15H,8-9,11-12H2,1H3. The Labute approximate surface area is 151 Å². The Bertz CT molecular complexity index is 1010. The van der Waals surface area contributed by atoms with E-state index in [2.05, 4.69) is 4.98 Å². The maximum absolute atomic E-state index is 13.4. The Balaban J connectivity index is 1.53. The molecule has 2 aromatic heterocycles. The van der Waals surface area contributed by atoms with Gasteiger partial charge in [0, 0.05) is 17.8 Å². The Morgan fingerprint density at radius 3 is 2.96 bits per heavy atom. The van der Waals surface area contributed by atoms with Crippen LogP contribution >= 0.6 is 0 Å². The van der Waals surface area contributed by atoms with Gasteiger partial charge < -0.3 is 14.4 Å². The van der Waals surface area contributed by atoms with Crippen molar-refractivity contribution in [3.63, 3.8) is 0 Å². The van der Waals surface area contributed by atoms with E-state index in [1.54, 1.807) is 0 Å². The van der Waals surface area contributed by atoms with Crippen LogP contribution in [0.2, 0.25) is 0 Å². The smallest absolute Gasteiger partial charge is 0.273 e. The van der Waals surface area contributed by atoms with Crippen LogP contribution < -0.4 is 9.47 Å². The van der Waals surface area contributed by atoms with Crippen molar-refractivity contribution in [2.24, 2.45) is 0 Å². The molecule has 1 aliphatic heterocycles. The summed E-state index contributed by atoms with van der Waals surface area (Å²) in [7, 11) is 0. The van der Waals surface area contributed by atoms with Gasteiger partial charge in [-0.15, -0.1) is 0 Å². The highest BCUT2D eigenvalue weighted by Gasteiger charge is 2.36. The number of benzene rings is 1. The first kappa shape index (κ1) is 15.3. The maximum Gasteiger partial charge on any atom is 0.273 e. The number of carbonyl (C=O) groups is 1. The molecule has 0 unspecified atom stereocenters. The van der Waals surface area contributed by atoms with Crippen LogP contribution in [-0.2, 0) is 6.54 Å². The van der Waals surface area contributed by atoms with Gasteiger partial charge in [-0.2, -0.15) is 0 Å². The number of rotatable bonds is 4. The molecule has 1 aliphatic carbocycles. The number of pyridine rings is 1. The molecule has 0 spiro atoms. The quantitative estimate of drug-likeness (QED) is 0.726. The lowest BCUT2D eigenvalue weighted by atomic mass is 10.1. The van der Waals surface area contributed by atoms with Gasteiger partial charge in [-0.3, -0.25) is 9.20 Å². The van der Waals surface area contributed by atoms with Crippen molar-refractivity contribution in [1.29, 1.82) is 0 Å². The van der Waals surface area contributed by atoms with E-state index in [1.807, 2.05) is 58.8 Å². The van der Waals surface area contributed by atoms with Crippen molar-refractivity contribution >= 4 is 11.6 Å². The molecule has 26 heavy (non-hydrogen) atoms. The number of ether oxygens (including phenoxy) is 2. The first-order valence-corrected chi connectivity index (χ1v) is 8.84. The molecule has 1 aromatic carbocycles. The summed E-state index contributed by atoms with van der Waals surface area (Å²) in [5, 5.41) is 0. The number of imidazole rings is 1. The number of para-hydroxylation sites is 1. The van der Waals surface area contributed by atoms with Crippen molar-refractivity contribution in [1.82, 2.24) is 14.3 Å². The van der Waals surface area contributed by atoms with E-state index >= 15 is 0 Å². The van der Waals surface area contributed by atoms with Crippen LogP contribution in [0.5, 0.6) is 11.5 Å². The average Bonchev–Trinajstić information content (AvgIpc) is 3.26. The van der Waals surface area contributed by atoms with Gasteiger partial charge in [0.05, 0.1) is 12.2 Å². The third kappa shape index (κ3) is 2.41. The minimum absolute atomic E-state index is 0.0141. The zero-order valence-corrected chi connectivity index (χ0v) is 14.5. The molecule has 0 N–H and O–H groups in total. The second-order valence-corrected chi connectivity index (χ2v) is 6.79.